The van der Waals surface area contributed by atoms with E-state index in [0.29, 0.717) is 37.8 Å². The highest BCUT2D eigenvalue weighted by Gasteiger charge is 2.42. The molecular weight excluding hydrogens is 1890 g/mol. The normalized spacial score (nSPS) is 15.8. The summed E-state index contributed by atoms with van der Waals surface area (Å²) in [6, 6.07) is -15.8. The lowest BCUT2D eigenvalue weighted by atomic mass is 10.0. The second kappa shape index (κ2) is 63.1. The monoisotopic (exact) mass is 2020 g/mol. The molecule has 0 bridgehead atoms. The third kappa shape index (κ3) is 45.3. The molecule has 0 unspecified atom stereocenters. The van der Waals surface area contributed by atoms with E-state index in [2.05, 4.69) is 92.4 Å². The van der Waals surface area contributed by atoms with Crippen LogP contribution in [0.1, 0.15) is 148 Å². The van der Waals surface area contributed by atoms with Crippen molar-refractivity contribution in [2.75, 3.05) is 77.8 Å². The fraction of sp³-hybridized carbons (Fsp3) is 0.614. The fourth-order valence-corrected chi connectivity index (χ4v) is 14.3. The van der Waals surface area contributed by atoms with E-state index in [9.17, 15) is 156 Å². The molecule has 57 nitrogen and oxygen atoms in total. The fourth-order valence-electron chi connectivity index (χ4n) is 14.0. The Kier molecular flexibility index (Phi) is 54.0. The van der Waals surface area contributed by atoms with E-state index in [0.717, 1.165) is 11.8 Å². The summed E-state index contributed by atoms with van der Waals surface area (Å²) >= 11 is 4.06. The van der Waals surface area contributed by atoms with E-state index >= 15 is 0 Å². The highest BCUT2D eigenvalue weighted by molar-refractivity contribution is 7.80. The van der Waals surface area contributed by atoms with Crippen molar-refractivity contribution in [3.8, 4) is 0 Å². The van der Waals surface area contributed by atoms with Crippen LogP contribution in [0.5, 0.6) is 0 Å². The number of guanidine groups is 1. The minimum atomic E-state index is -2.09. The number of hydrogen-bond donors (Lipinski definition) is 31. The van der Waals surface area contributed by atoms with Crippen LogP contribution in [0.3, 0.4) is 0 Å². The number of amides is 19. The van der Waals surface area contributed by atoms with E-state index in [4.69, 9.17) is 28.3 Å². The number of carbonyl (C=O) groups is 25. The quantitative estimate of drug-likeness (QED) is 0.0125. The van der Waals surface area contributed by atoms with Gasteiger partial charge in [0, 0.05) is 44.6 Å². The molecule has 3 rings (SSSR count). The minimum absolute atomic E-state index is 0.0398. The first kappa shape index (κ1) is 121. The first-order chi connectivity index (χ1) is 66.5. The van der Waals surface area contributed by atoms with Crippen molar-refractivity contribution in [2.24, 2.45) is 28.9 Å². The summed E-state index contributed by atoms with van der Waals surface area (Å²) in [7, 11) is 0. The van der Waals surface area contributed by atoms with Crippen molar-refractivity contribution in [1.29, 1.82) is 5.41 Å². The van der Waals surface area contributed by atoms with Gasteiger partial charge in [-0.2, -0.15) is 12.6 Å². The first-order valence-electron chi connectivity index (χ1n) is 44.9. The maximum Gasteiger partial charge on any atom is 0.326 e. The van der Waals surface area contributed by atoms with Crippen molar-refractivity contribution < 1.29 is 156 Å². The van der Waals surface area contributed by atoms with E-state index in [1.54, 1.807) is 44.2 Å². The molecule has 2 aliphatic rings. The van der Waals surface area contributed by atoms with Gasteiger partial charge in [0.2, 0.25) is 112 Å². The summed E-state index contributed by atoms with van der Waals surface area (Å²) in [5.74, 6) is -32.0. The minimum Gasteiger partial charge on any atom is -0.481 e. The molecule has 0 aromatic heterocycles. The zero-order chi connectivity index (χ0) is 106. The average Bonchev–Trinajstić information content (AvgIpc) is 1.71. The molecule has 1 aromatic carbocycles. The predicted octanol–water partition coefficient (Wildman–Crippen LogP) is -12.7. The van der Waals surface area contributed by atoms with Gasteiger partial charge in [-0.05, 0) is 115 Å². The van der Waals surface area contributed by atoms with Crippen molar-refractivity contribution in [3.63, 3.8) is 0 Å². The maximum absolute atomic E-state index is 14.1. The lowest BCUT2D eigenvalue weighted by Crippen LogP contribution is -2.59. The van der Waals surface area contributed by atoms with Gasteiger partial charge in [0.25, 0.3) is 0 Å². The summed E-state index contributed by atoms with van der Waals surface area (Å²) in [5.41, 5.74) is 23.4. The number of carboxylic acids is 6. The molecule has 15 atom stereocenters. The van der Waals surface area contributed by atoms with E-state index in [1.165, 1.54) is 4.90 Å². The SMILES string of the molecule is CC(C)[C@H](NC(=O)[C@H](Cc1ccccc1)NC(=O)[C@@H]1CCCN1C(=O)CNC(=O)CNC(=O)[C@H](CO)NC(=O)[C@H](CC(=O)O)NC(=O)CNC(=O)[C@H](CCC(=O)O)NC(=O)[C@H](CS)NC(=O)[C@H](C)NC(=O)[C@H](CC(=O)O)NC(=O)CNC(=O)[C@H](CCCNC(=N)N)NC(=O)[C@H](CCCCN)NC(=O)CNC(=O)[C@H](CCC(=O)O)NC(=O)[C@H](CC(=O)O)NC(=O)[C@@H]1CCCN1C(=O)[C@@H](N)CCCCN)C(=O)O. The Bertz CT molecular complexity index is 4600. The molecule has 141 heavy (non-hydrogen) atoms. The van der Waals surface area contributed by atoms with Crippen LogP contribution in [0.25, 0.3) is 0 Å². The second-order valence-corrected chi connectivity index (χ2v) is 33.4. The van der Waals surface area contributed by atoms with Crippen molar-refractivity contribution in [2.45, 2.75) is 240 Å². The Hall–Kier alpha value is -14.6. The number of aliphatic hydroxyl groups is 1. The summed E-state index contributed by atoms with van der Waals surface area (Å²) in [6.45, 7) is -1.37. The number of benzene rings is 1. The number of hydrogen-bond acceptors (Lipinski definition) is 31. The molecule has 58 heteroatoms. The number of nitrogens with two attached hydrogens (primary N) is 4. The maximum atomic E-state index is 14.1. The molecule has 1 aromatic rings. The van der Waals surface area contributed by atoms with Crippen LogP contribution in [-0.2, 0) is 126 Å². The Morgan fingerprint density at radius 3 is 1.23 bits per heavy atom. The van der Waals surface area contributed by atoms with E-state index < -0.39 is 341 Å². The number of aliphatic hydroxyl groups excluding tert-OH is 1. The number of nitrogens with zero attached hydrogens (tertiary/aromatic N) is 2. The summed E-state index contributed by atoms with van der Waals surface area (Å²) in [4.78, 5) is 331. The van der Waals surface area contributed by atoms with Crippen molar-refractivity contribution in [1.82, 2.24) is 106 Å². The molecule has 0 radical (unpaired) electrons. The number of aliphatic carboxylic acids is 6. The Morgan fingerprint density at radius 2 is 0.787 bits per heavy atom. The molecule has 2 fully saturated rings. The van der Waals surface area contributed by atoms with Gasteiger partial charge in [0.05, 0.1) is 64.6 Å². The van der Waals surface area contributed by atoms with Gasteiger partial charge in [-0.3, -0.25) is 120 Å². The third-order valence-corrected chi connectivity index (χ3v) is 21.9. The van der Waals surface area contributed by atoms with E-state index in [1.807, 2.05) is 16.0 Å². The average molecular weight is 2020 g/mol. The van der Waals surface area contributed by atoms with Crippen LogP contribution >= 0.6 is 12.6 Å². The molecule has 19 amide bonds. The molecule has 2 aliphatic heterocycles. The zero-order valence-corrected chi connectivity index (χ0v) is 78.6. The number of thiol groups is 1. The number of nitrogens with one attached hydrogen (secondary N) is 19. The molecular formula is C83H129N25O32S. The first-order valence-corrected chi connectivity index (χ1v) is 45.6. The number of unbranched alkanes of at least 4 members (excludes halogenated alkanes) is 2. The standard InChI is InChI=1S/C83H129N25O32S/c1-41(2)67(82(139)140)106-77(134)49(30-43-14-5-4-6-15-43)102-79(136)55-19-12-28-107(55)61(114)38-90-57(110)34-91-72(129)53(39-109)104-75(132)51(32-65(121)122)98-60(113)37-94-71(128)48(22-24-63(117)118)101-78(135)54(40-141)105-68(125)42(3)95-74(131)50(31-64(119)120)97-59(112)36-92-69(126)45(18-11-27-89-83(87)88)99-73(130)46(17-8-10-26-85)96-58(111)35-93-70(127)47(21-23-62(115)116)100-76(133)52(33-66(123)124)103-80(137)56-20-13-29-108(56)81(138)44(86)16-7-9-25-84/h4-6,14-15,41-42,44-56,67,109,141H,7-13,16-40,84-86H2,1-3H3,(H,90,110)(H,91,129)(H,92,126)(H,93,127)(H,94,128)(H,95,131)(H,96,111)(H,97,112)(H,98,113)(H,99,130)(H,100,133)(H,101,135)(H,102,136)(H,103,137)(H,104,132)(H,105,125)(H,106,134)(H,115,116)(H,117,118)(H,119,120)(H,121,122)(H,123,124)(H,139,140)(H4,87,88,89)/t42-,44-,45-,46-,47-,48-,49-,50-,51-,52-,53-,54-,55-,56-,67-/m0/s1. The van der Waals surface area contributed by atoms with Gasteiger partial charge < -0.3 is 164 Å². The Balaban J connectivity index is 1.65. The Morgan fingerprint density at radius 1 is 0.404 bits per heavy atom. The Labute approximate surface area is 812 Å². The number of rotatable bonds is 66. The zero-order valence-electron chi connectivity index (χ0n) is 77.7. The van der Waals surface area contributed by atoms with Gasteiger partial charge in [-0.1, -0.05) is 50.6 Å². The lowest BCUT2D eigenvalue weighted by molar-refractivity contribution is -0.144. The summed E-state index contributed by atoms with van der Waals surface area (Å²) in [6.07, 6.45) is -4.42. The number of carboxylic acid groups (broad SMARTS) is 6. The number of likely N-dealkylation sites (tertiary alicyclic amines) is 2. The molecule has 2 heterocycles. The molecule has 34 N–H and O–H groups in total. The predicted molar refractivity (Wildman–Crippen MR) is 490 cm³/mol. The molecule has 784 valence electrons. The van der Waals surface area contributed by atoms with Crippen LogP contribution in [0, 0.1) is 11.3 Å². The topological polar surface area (TPSA) is 919 Å². The van der Waals surface area contributed by atoms with E-state index in [-0.39, 0.29) is 84.0 Å². The summed E-state index contributed by atoms with van der Waals surface area (Å²) in [5, 5.41) is 116. The van der Waals surface area contributed by atoms with Crippen LogP contribution in [-0.4, -0.2) is 368 Å². The smallest absolute Gasteiger partial charge is 0.326 e. The molecule has 0 spiro atoms. The van der Waals surface area contributed by atoms with Gasteiger partial charge in [-0.15, -0.1) is 0 Å². The van der Waals surface area contributed by atoms with Gasteiger partial charge in [-0.25, -0.2) is 4.79 Å². The highest BCUT2D eigenvalue weighted by atomic mass is 32.1. The highest BCUT2D eigenvalue weighted by Crippen LogP contribution is 2.22. The number of carbonyl (C=O) groups excluding carboxylic acids is 19. The van der Waals surface area contributed by atoms with Crippen LogP contribution in [0.2, 0.25) is 0 Å². The molecule has 0 aliphatic carbocycles. The summed E-state index contributed by atoms with van der Waals surface area (Å²) < 4.78 is 0. The van der Waals surface area contributed by atoms with Crippen molar-refractivity contribution in [3.05, 3.63) is 35.9 Å². The van der Waals surface area contributed by atoms with Gasteiger partial charge >= 0.3 is 35.8 Å². The van der Waals surface area contributed by atoms with Crippen LogP contribution in [0.15, 0.2) is 30.3 Å². The van der Waals surface area contributed by atoms with Crippen molar-refractivity contribution >= 4 is 167 Å². The lowest BCUT2D eigenvalue weighted by Gasteiger charge is -2.28. The largest absolute Gasteiger partial charge is 0.481 e. The third-order valence-electron chi connectivity index (χ3n) is 21.5. The van der Waals surface area contributed by atoms with Crippen LogP contribution in [0.4, 0.5) is 0 Å². The molecule has 0 saturated carbocycles. The van der Waals surface area contributed by atoms with Gasteiger partial charge in [0.1, 0.15) is 84.6 Å². The second-order valence-electron chi connectivity index (χ2n) is 33.0. The van der Waals surface area contributed by atoms with Gasteiger partial charge in [0.15, 0.2) is 5.96 Å². The van der Waals surface area contributed by atoms with Crippen LogP contribution < -0.4 is 119 Å². The molecule has 2 saturated heterocycles.